The van der Waals surface area contributed by atoms with E-state index in [0.717, 1.165) is 23.6 Å². The molecule has 0 amide bonds. The van der Waals surface area contributed by atoms with Crippen LogP contribution in [0.5, 0.6) is 0 Å². The monoisotopic (exact) mass is 231 g/mol. The number of benzene rings is 1. The number of hydrogen-bond donors (Lipinski definition) is 0. The molecule has 0 saturated heterocycles. The maximum Gasteiger partial charge on any atom is 0.212 e. The van der Waals surface area contributed by atoms with Crippen LogP contribution in [0.25, 0.3) is 0 Å². The van der Waals surface area contributed by atoms with E-state index in [1.807, 2.05) is 41.1 Å². The highest BCUT2D eigenvalue weighted by atomic mass is 35.5. The van der Waals surface area contributed by atoms with Gasteiger partial charge >= 0.3 is 0 Å². The second-order valence-electron chi connectivity index (χ2n) is 3.44. The van der Waals surface area contributed by atoms with Crippen molar-refractivity contribution < 1.29 is 0 Å². The van der Waals surface area contributed by atoms with Crippen molar-refractivity contribution >= 4 is 11.6 Å². The van der Waals surface area contributed by atoms with Crippen LogP contribution < -0.4 is 0 Å². The number of imidazole rings is 1. The first-order valence-electron chi connectivity index (χ1n) is 4.95. The van der Waals surface area contributed by atoms with Crippen molar-refractivity contribution in [2.75, 3.05) is 0 Å². The highest BCUT2D eigenvalue weighted by Gasteiger charge is 2.01. The molecule has 2 rings (SSSR count). The summed E-state index contributed by atoms with van der Waals surface area (Å²) in [5, 5.41) is 9.53. The first kappa shape index (κ1) is 10.7. The van der Waals surface area contributed by atoms with Gasteiger partial charge in [0.25, 0.3) is 0 Å². The van der Waals surface area contributed by atoms with Gasteiger partial charge in [-0.25, -0.2) is 4.98 Å². The van der Waals surface area contributed by atoms with Crippen molar-refractivity contribution in [2.45, 2.75) is 13.0 Å². The lowest BCUT2D eigenvalue weighted by molar-refractivity contribution is 0.686. The first-order chi connectivity index (χ1) is 7.79. The van der Waals surface area contributed by atoms with E-state index in [1.54, 1.807) is 6.20 Å². The molecule has 0 fully saturated rings. The molecule has 4 heteroatoms. The van der Waals surface area contributed by atoms with Crippen LogP contribution in [0.4, 0.5) is 0 Å². The van der Waals surface area contributed by atoms with Crippen LogP contribution >= 0.6 is 11.6 Å². The number of nitriles is 1. The maximum absolute atomic E-state index is 8.79. The Morgan fingerprint density at radius 2 is 2.31 bits per heavy atom. The summed E-state index contributed by atoms with van der Waals surface area (Å²) in [6.07, 6.45) is 4.28. The van der Waals surface area contributed by atoms with Gasteiger partial charge in [0.2, 0.25) is 5.82 Å². The molecule has 16 heavy (non-hydrogen) atoms. The van der Waals surface area contributed by atoms with Gasteiger partial charge < -0.3 is 4.57 Å². The first-order valence-corrected chi connectivity index (χ1v) is 5.33. The molecule has 1 aromatic heterocycles. The van der Waals surface area contributed by atoms with E-state index in [2.05, 4.69) is 4.98 Å². The Bertz CT molecular complexity index is 525. The molecule has 2 aromatic rings. The van der Waals surface area contributed by atoms with Crippen LogP contribution in [-0.2, 0) is 13.0 Å². The number of halogens is 1. The lowest BCUT2D eigenvalue weighted by Gasteiger charge is -2.04. The minimum absolute atomic E-state index is 0.446. The maximum atomic E-state index is 8.79. The molecule has 0 saturated carbocycles. The Labute approximate surface area is 98.9 Å². The van der Waals surface area contributed by atoms with Gasteiger partial charge in [0.1, 0.15) is 6.07 Å². The van der Waals surface area contributed by atoms with Crippen LogP contribution in [0.3, 0.4) is 0 Å². The summed E-state index contributed by atoms with van der Waals surface area (Å²) >= 11 is 5.89. The molecule has 0 N–H and O–H groups in total. The summed E-state index contributed by atoms with van der Waals surface area (Å²) in [5.41, 5.74) is 1.16. The van der Waals surface area contributed by atoms with Crippen LogP contribution in [0.2, 0.25) is 5.02 Å². The molecule has 0 spiro atoms. The van der Waals surface area contributed by atoms with Gasteiger partial charge in [-0.3, -0.25) is 0 Å². The minimum atomic E-state index is 0.446. The fraction of sp³-hybridized carbons (Fsp3) is 0.167. The van der Waals surface area contributed by atoms with E-state index in [-0.39, 0.29) is 0 Å². The quantitative estimate of drug-likeness (QED) is 0.815. The number of nitrogens with zero attached hydrogens (tertiary/aromatic N) is 3. The van der Waals surface area contributed by atoms with Crippen LogP contribution in [0.1, 0.15) is 11.4 Å². The molecular weight excluding hydrogens is 222 g/mol. The molecule has 0 aliphatic rings. The normalized spacial score (nSPS) is 10.0. The number of aromatic nitrogens is 2. The summed E-state index contributed by atoms with van der Waals surface area (Å²) in [6, 6.07) is 9.78. The van der Waals surface area contributed by atoms with Gasteiger partial charge in [0.15, 0.2) is 0 Å². The lowest BCUT2D eigenvalue weighted by Crippen LogP contribution is -2.02. The molecule has 0 unspecified atom stereocenters. The van der Waals surface area contributed by atoms with Crippen LogP contribution in [0.15, 0.2) is 36.7 Å². The van der Waals surface area contributed by atoms with Gasteiger partial charge in [-0.2, -0.15) is 5.26 Å². The molecule has 0 bridgehead atoms. The highest BCUT2D eigenvalue weighted by molar-refractivity contribution is 6.30. The van der Waals surface area contributed by atoms with Gasteiger partial charge in [-0.15, -0.1) is 0 Å². The molecular formula is C12H10ClN3. The Morgan fingerprint density at radius 3 is 3.06 bits per heavy atom. The summed E-state index contributed by atoms with van der Waals surface area (Å²) < 4.78 is 1.83. The summed E-state index contributed by atoms with van der Waals surface area (Å²) in [6.45, 7) is 0.739. The molecule has 3 nitrogen and oxygen atoms in total. The molecule has 0 atom stereocenters. The van der Waals surface area contributed by atoms with E-state index in [0.29, 0.717) is 5.82 Å². The van der Waals surface area contributed by atoms with E-state index in [9.17, 15) is 0 Å². The second kappa shape index (κ2) is 4.82. The van der Waals surface area contributed by atoms with E-state index < -0.39 is 0 Å². The number of rotatable bonds is 3. The third kappa shape index (κ3) is 2.41. The molecule has 1 aromatic carbocycles. The predicted octanol–water partition coefficient (Wildman–Crippen LogP) is 2.65. The third-order valence-corrected chi connectivity index (χ3v) is 2.58. The zero-order valence-corrected chi connectivity index (χ0v) is 9.35. The van der Waals surface area contributed by atoms with Gasteiger partial charge in [0.05, 0.1) is 0 Å². The van der Waals surface area contributed by atoms with Crippen molar-refractivity contribution in [1.29, 1.82) is 5.26 Å². The van der Waals surface area contributed by atoms with Crippen molar-refractivity contribution in [3.63, 3.8) is 0 Å². The molecule has 1 heterocycles. The van der Waals surface area contributed by atoms with Crippen molar-refractivity contribution in [1.82, 2.24) is 9.55 Å². The zero-order chi connectivity index (χ0) is 11.4. The summed E-state index contributed by atoms with van der Waals surface area (Å²) in [4.78, 5) is 3.94. The molecule has 0 radical (unpaired) electrons. The number of aryl methyl sites for hydroxylation is 2. The van der Waals surface area contributed by atoms with Gasteiger partial charge in [-0.05, 0) is 24.1 Å². The SMILES string of the molecule is N#Cc1nccn1CCc1cccc(Cl)c1. The number of hydrogen-bond acceptors (Lipinski definition) is 2. The average Bonchev–Trinajstić information content (AvgIpc) is 2.74. The average molecular weight is 232 g/mol. The Morgan fingerprint density at radius 1 is 1.44 bits per heavy atom. The summed E-state index contributed by atoms with van der Waals surface area (Å²) in [5.74, 6) is 0.446. The highest BCUT2D eigenvalue weighted by Crippen LogP contribution is 2.12. The molecule has 0 aliphatic carbocycles. The standard InChI is InChI=1S/C12H10ClN3/c13-11-3-1-2-10(8-11)4-6-16-7-5-15-12(16)9-14/h1-3,5,7-8H,4,6H2. The molecule has 80 valence electrons. The van der Waals surface area contributed by atoms with Gasteiger partial charge in [-0.1, -0.05) is 23.7 Å². The third-order valence-electron chi connectivity index (χ3n) is 2.35. The van der Waals surface area contributed by atoms with Crippen molar-refractivity contribution in [3.05, 3.63) is 53.1 Å². The van der Waals surface area contributed by atoms with Crippen LogP contribution in [-0.4, -0.2) is 9.55 Å². The van der Waals surface area contributed by atoms with Gasteiger partial charge in [0, 0.05) is 24.0 Å². The Balaban J connectivity index is 2.06. The fourth-order valence-corrected chi connectivity index (χ4v) is 1.76. The Kier molecular flexibility index (Phi) is 3.23. The zero-order valence-electron chi connectivity index (χ0n) is 8.60. The fourth-order valence-electron chi connectivity index (χ4n) is 1.54. The largest absolute Gasteiger partial charge is 0.322 e. The second-order valence-corrected chi connectivity index (χ2v) is 3.87. The van der Waals surface area contributed by atoms with E-state index in [1.165, 1.54) is 0 Å². The van der Waals surface area contributed by atoms with Crippen molar-refractivity contribution in [3.8, 4) is 6.07 Å². The van der Waals surface area contributed by atoms with Crippen LogP contribution in [0, 0.1) is 11.3 Å². The topological polar surface area (TPSA) is 41.6 Å². The minimum Gasteiger partial charge on any atom is -0.322 e. The van der Waals surface area contributed by atoms with Crippen molar-refractivity contribution in [2.24, 2.45) is 0 Å². The summed E-state index contributed by atoms with van der Waals surface area (Å²) in [7, 11) is 0. The van der Waals surface area contributed by atoms with E-state index in [4.69, 9.17) is 16.9 Å². The predicted molar refractivity (Wildman–Crippen MR) is 62.1 cm³/mol. The molecule has 0 aliphatic heterocycles. The smallest absolute Gasteiger partial charge is 0.212 e. The Hall–Kier alpha value is -1.79. The van der Waals surface area contributed by atoms with E-state index >= 15 is 0 Å². The lowest BCUT2D eigenvalue weighted by atomic mass is 10.1.